The van der Waals surface area contributed by atoms with Gasteiger partial charge in [0.05, 0.1) is 11.5 Å². The maximum atomic E-state index is 11.9. The smallest absolute Gasteiger partial charge is 0.269 e. The molecular formula is C13H16N2O4. The standard InChI is InChI=1S/C13H16N2O4/c1-19-9-10-8-11(15(17)18)5-6-12(10)14-7-3-2-4-13(14)16/h5-6,8H,2-4,7,9H2,1H3. The third kappa shape index (κ3) is 2.90. The van der Waals surface area contributed by atoms with Crippen LogP contribution in [0.5, 0.6) is 0 Å². The minimum atomic E-state index is -0.443. The molecule has 0 N–H and O–H groups in total. The average molecular weight is 264 g/mol. The van der Waals surface area contributed by atoms with Crippen LogP contribution in [0.3, 0.4) is 0 Å². The lowest BCUT2D eigenvalue weighted by Gasteiger charge is -2.28. The van der Waals surface area contributed by atoms with Crippen molar-refractivity contribution in [3.63, 3.8) is 0 Å². The number of carbonyl (C=O) groups is 1. The largest absolute Gasteiger partial charge is 0.380 e. The number of hydrogen-bond acceptors (Lipinski definition) is 4. The number of nitrogens with zero attached hydrogens (tertiary/aromatic N) is 2. The number of rotatable bonds is 4. The first-order valence-electron chi connectivity index (χ1n) is 6.20. The zero-order valence-corrected chi connectivity index (χ0v) is 10.8. The summed E-state index contributed by atoms with van der Waals surface area (Å²) in [6, 6.07) is 4.53. The van der Waals surface area contributed by atoms with Crippen molar-refractivity contribution in [1.29, 1.82) is 0 Å². The first kappa shape index (κ1) is 13.5. The Balaban J connectivity index is 2.37. The molecule has 0 unspecified atom stereocenters. The van der Waals surface area contributed by atoms with Crippen LogP contribution in [0, 0.1) is 10.1 Å². The number of non-ortho nitro benzene ring substituents is 1. The van der Waals surface area contributed by atoms with Gasteiger partial charge in [-0.25, -0.2) is 0 Å². The molecule has 0 aliphatic carbocycles. The molecule has 0 saturated carbocycles. The zero-order chi connectivity index (χ0) is 13.8. The van der Waals surface area contributed by atoms with Crippen LogP contribution in [-0.4, -0.2) is 24.5 Å². The molecule has 1 amide bonds. The number of benzene rings is 1. The summed E-state index contributed by atoms with van der Waals surface area (Å²) < 4.78 is 5.07. The highest BCUT2D eigenvalue weighted by molar-refractivity contribution is 5.94. The fraction of sp³-hybridized carbons (Fsp3) is 0.462. The molecule has 0 bridgehead atoms. The number of ether oxygens (including phenoxy) is 1. The van der Waals surface area contributed by atoms with Gasteiger partial charge in [0.2, 0.25) is 5.91 Å². The highest BCUT2D eigenvalue weighted by Gasteiger charge is 2.23. The number of nitro groups is 1. The van der Waals surface area contributed by atoms with Crippen LogP contribution in [0.4, 0.5) is 11.4 Å². The third-order valence-corrected chi connectivity index (χ3v) is 3.19. The average Bonchev–Trinajstić information content (AvgIpc) is 2.40. The van der Waals surface area contributed by atoms with E-state index in [-0.39, 0.29) is 18.2 Å². The van der Waals surface area contributed by atoms with Crippen molar-refractivity contribution in [2.45, 2.75) is 25.9 Å². The molecule has 0 atom stereocenters. The molecule has 0 radical (unpaired) electrons. The summed E-state index contributed by atoms with van der Waals surface area (Å²) in [6.45, 7) is 0.911. The maximum absolute atomic E-state index is 11.9. The summed E-state index contributed by atoms with van der Waals surface area (Å²) in [4.78, 5) is 24.0. The minimum absolute atomic E-state index is 0.0141. The van der Waals surface area contributed by atoms with Gasteiger partial charge in [-0.1, -0.05) is 0 Å². The number of anilines is 1. The SMILES string of the molecule is COCc1cc([N+](=O)[O-])ccc1N1CCCCC1=O. The van der Waals surface area contributed by atoms with Crippen molar-refractivity contribution < 1.29 is 14.5 Å². The Hall–Kier alpha value is -1.95. The molecule has 6 heteroatoms. The van der Waals surface area contributed by atoms with Gasteiger partial charge in [0, 0.05) is 43.5 Å². The van der Waals surface area contributed by atoms with Gasteiger partial charge in [0.1, 0.15) is 0 Å². The van der Waals surface area contributed by atoms with Gasteiger partial charge in [-0.15, -0.1) is 0 Å². The lowest BCUT2D eigenvalue weighted by molar-refractivity contribution is -0.384. The van der Waals surface area contributed by atoms with E-state index in [1.807, 2.05) is 0 Å². The molecule has 1 aliphatic rings. The second kappa shape index (κ2) is 5.79. The van der Waals surface area contributed by atoms with Gasteiger partial charge in [-0.05, 0) is 18.9 Å². The van der Waals surface area contributed by atoms with Crippen LogP contribution in [0.1, 0.15) is 24.8 Å². The molecule has 2 rings (SSSR count). The predicted octanol–water partition coefficient (Wildman–Crippen LogP) is 2.26. The minimum Gasteiger partial charge on any atom is -0.380 e. The van der Waals surface area contributed by atoms with Crippen LogP contribution >= 0.6 is 0 Å². The van der Waals surface area contributed by atoms with Gasteiger partial charge in [-0.3, -0.25) is 14.9 Å². The number of methoxy groups -OCH3 is 1. The number of nitro benzene ring substituents is 1. The molecule has 1 aromatic rings. The fourth-order valence-electron chi connectivity index (χ4n) is 2.28. The number of piperidine rings is 1. The van der Waals surface area contributed by atoms with Crippen LogP contribution in [-0.2, 0) is 16.1 Å². The first-order chi connectivity index (χ1) is 9.13. The van der Waals surface area contributed by atoms with E-state index in [1.165, 1.54) is 19.2 Å². The summed E-state index contributed by atoms with van der Waals surface area (Å²) in [6.07, 6.45) is 2.39. The molecule has 1 aliphatic heterocycles. The van der Waals surface area contributed by atoms with Crippen molar-refractivity contribution in [3.05, 3.63) is 33.9 Å². The Morgan fingerprint density at radius 1 is 1.42 bits per heavy atom. The number of hydrogen-bond donors (Lipinski definition) is 0. The Kier molecular flexibility index (Phi) is 4.11. The molecule has 1 fully saturated rings. The van der Waals surface area contributed by atoms with Gasteiger partial charge in [0.15, 0.2) is 0 Å². The number of amides is 1. The molecule has 0 spiro atoms. The van der Waals surface area contributed by atoms with E-state index < -0.39 is 4.92 Å². The highest BCUT2D eigenvalue weighted by atomic mass is 16.6. The zero-order valence-electron chi connectivity index (χ0n) is 10.8. The van der Waals surface area contributed by atoms with E-state index >= 15 is 0 Å². The molecule has 1 saturated heterocycles. The van der Waals surface area contributed by atoms with Gasteiger partial charge < -0.3 is 9.64 Å². The van der Waals surface area contributed by atoms with Crippen LogP contribution in [0.25, 0.3) is 0 Å². The van der Waals surface area contributed by atoms with Crippen LogP contribution < -0.4 is 4.90 Å². The summed E-state index contributed by atoms with van der Waals surface area (Å²) >= 11 is 0. The Morgan fingerprint density at radius 3 is 2.84 bits per heavy atom. The maximum Gasteiger partial charge on any atom is 0.269 e. The molecule has 19 heavy (non-hydrogen) atoms. The summed E-state index contributed by atoms with van der Waals surface area (Å²) in [5.41, 5.74) is 1.41. The molecular weight excluding hydrogens is 248 g/mol. The Labute approximate surface area is 111 Å². The van der Waals surface area contributed by atoms with E-state index in [4.69, 9.17) is 4.74 Å². The third-order valence-electron chi connectivity index (χ3n) is 3.19. The first-order valence-corrected chi connectivity index (χ1v) is 6.20. The van der Waals surface area contributed by atoms with Gasteiger partial charge >= 0.3 is 0 Å². The van der Waals surface area contributed by atoms with Gasteiger partial charge in [-0.2, -0.15) is 0 Å². The summed E-state index contributed by atoms with van der Waals surface area (Å²) in [7, 11) is 1.53. The van der Waals surface area contributed by atoms with E-state index in [9.17, 15) is 14.9 Å². The topological polar surface area (TPSA) is 72.7 Å². The van der Waals surface area contributed by atoms with Crippen molar-refractivity contribution in [1.82, 2.24) is 0 Å². The molecule has 0 aromatic heterocycles. The summed E-state index contributed by atoms with van der Waals surface area (Å²) in [5, 5.41) is 10.8. The van der Waals surface area contributed by atoms with Crippen molar-refractivity contribution in [2.75, 3.05) is 18.6 Å². The lowest BCUT2D eigenvalue weighted by Crippen LogP contribution is -2.35. The fourth-order valence-corrected chi connectivity index (χ4v) is 2.28. The second-order valence-electron chi connectivity index (χ2n) is 4.51. The van der Waals surface area contributed by atoms with E-state index in [1.54, 1.807) is 11.0 Å². The highest BCUT2D eigenvalue weighted by Crippen LogP contribution is 2.28. The van der Waals surface area contributed by atoms with Crippen LogP contribution in [0.2, 0.25) is 0 Å². The second-order valence-corrected chi connectivity index (χ2v) is 4.51. The molecule has 1 heterocycles. The predicted molar refractivity (Wildman–Crippen MR) is 70.0 cm³/mol. The normalized spacial score (nSPS) is 15.6. The number of carbonyl (C=O) groups excluding carboxylic acids is 1. The monoisotopic (exact) mass is 264 g/mol. The molecule has 102 valence electrons. The van der Waals surface area contributed by atoms with E-state index in [0.717, 1.165) is 18.5 Å². The van der Waals surface area contributed by atoms with Gasteiger partial charge in [0.25, 0.3) is 5.69 Å². The molecule has 1 aromatic carbocycles. The van der Waals surface area contributed by atoms with Crippen molar-refractivity contribution in [2.24, 2.45) is 0 Å². The lowest BCUT2D eigenvalue weighted by atomic mass is 10.1. The summed E-state index contributed by atoms with van der Waals surface area (Å²) in [5.74, 6) is 0.0671. The van der Waals surface area contributed by atoms with E-state index in [0.29, 0.717) is 18.5 Å². The van der Waals surface area contributed by atoms with Crippen molar-refractivity contribution >= 4 is 17.3 Å². The Bertz CT molecular complexity index is 501. The van der Waals surface area contributed by atoms with Crippen molar-refractivity contribution in [3.8, 4) is 0 Å². The quantitative estimate of drug-likeness (QED) is 0.617. The van der Waals surface area contributed by atoms with E-state index in [2.05, 4.69) is 0 Å². The molecule has 6 nitrogen and oxygen atoms in total. The van der Waals surface area contributed by atoms with Crippen LogP contribution in [0.15, 0.2) is 18.2 Å². The Morgan fingerprint density at radius 2 is 2.21 bits per heavy atom.